The molecule has 1 amide bonds. The first-order valence-corrected chi connectivity index (χ1v) is 7.83. The number of aromatic nitrogens is 2. The summed E-state index contributed by atoms with van der Waals surface area (Å²) in [6.45, 7) is 1.63. The van der Waals surface area contributed by atoms with Gasteiger partial charge in [0.1, 0.15) is 5.82 Å². The molecule has 1 atom stereocenters. The molecular formula is C17H20F3N3O2. The van der Waals surface area contributed by atoms with Crippen LogP contribution in [0.2, 0.25) is 0 Å². The number of benzene rings is 1. The lowest BCUT2D eigenvalue weighted by molar-refractivity contribution is -0.272. The Morgan fingerprint density at radius 2 is 1.92 bits per heavy atom. The van der Waals surface area contributed by atoms with E-state index in [0.29, 0.717) is 5.56 Å². The van der Waals surface area contributed by atoms with Crippen molar-refractivity contribution in [1.29, 1.82) is 0 Å². The first kappa shape index (κ1) is 19.0. The highest BCUT2D eigenvalue weighted by Crippen LogP contribution is 2.40. The Balaban J connectivity index is 2.06. The van der Waals surface area contributed by atoms with Crippen molar-refractivity contribution in [2.24, 2.45) is 7.05 Å². The molecule has 0 aliphatic carbocycles. The van der Waals surface area contributed by atoms with Crippen LogP contribution in [-0.2, 0) is 19.1 Å². The lowest BCUT2D eigenvalue weighted by Gasteiger charge is -2.30. The summed E-state index contributed by atoms with van der Waals surface area (Å²) in [5, 5.41) is 12.6. The lowest BCUT2D eigenvalue weighted by atomic mass is 9.97. The third-order valence-electron chi connectivity index (χ3n) is 4.06. The molecule has 25 heavy (non-hydrogen) atoms. The third kappa shape index (κ3) is 4.01. The van der Waals surface area contributed by atoms with Gasteiger partial charge >= 0.3 is 6.18 Å². The van der Waals surface area contributed by atoms with Gasteiger partial charge in [-0.05, 0) is 24.1 Å². The number of rotatable bonds is 6. The van der Waals surface area contributed by atoms with E-state index in [-0.39, 0.29) is 6.54 Å². The first-order valence-electron chi connectivity index (χ1n) is 7.83. The van der Waals surface area contributed by atoms with Crippen molar-refractivity contribution in [3.63, 3.8) is 0 Å². The van der Waals surface area contributed by atoms with Gasteiger partial charge in [-0.2, -0.15) is 13.2 Å². The monoisotopic (exact) mass is 355 g/mol. The maximum atomic E-state index is 13.4. The predicted octanol–water partition coefficient (Wildman–Crippen LogP) is 2.55. The van der Waals surface area contributed by atoms with Gasteiger partial charge < -0.3 is 15.0 Å². The van der Waals surface area contributed by atoms with Crippen LogP contribution in [0, 0.1) is 0 Å². The minimum Gasteiger partial charge on any atom is -0.374 e. The van der Waals surface area contributed by atoms with Crippen molar-refractivity contribution in [3.05, 3.63) is 53.6 Å². The summed E-state index contributed by atoms with van der Waals surface area (Å²) in [6, 6.07) is 6.80. The summed E-state index contributed by atoms with van der Waals surface area (Å²) in [7, 11) is 1.37. The predicted molar refractivity (Wildman–Crippen MR) is 85.9 cm³/mol. The molecule has 2 N–H and O–H groups in total. The van der Waals surface area contributed by atoms with Crippen molar-refractivity contribution >= 4 is 5.91 Å². The van der Waals surface area contributed by atoms with Crippen LogP contribution >= 0.6 is 0 Å². The molecule has 0 radical (unpaired) electrons. The summed E-state index contributed by atoms with van der Waals surface area (Å²) in [6.07, 6.45) is -2.33. The summed E-state index contributed by atoms with van der Waals surface area (Å²) < 4.78 is 41.2. The summed E-state index contributed by atoms with van der Waals surface area (Å²) in [4.78, 5) is 15.6. The van der Waals surface area contributed by atoms with Crippen LogP contribution in [0.25, 0.3) is 0 Å². The van der Waals surface area contributed by atoms with Gasteiger partial charge in [-0.1, -0.05) is 19.1 Å². The smallest absolute Gasteiger partial charge is 0.374 e. The van der Waals surface area contributed by atoms with E-state index in [1.807, 2.05) is 6.92 Å². The molecule has 1 aromatic carbocycles. The zero-order chi connectivity index (χ0) is 18.7. The quantitative estimate of drug-likeness (QED) is 0.837. The topological polar surface area (TPSA) is 67.2 Å². The average Bonchev–Trinajstić information content (AvgIpc) is 3.00. The van der Waals surface area contributed by atoms with E-state index in [9.17, 15) is 23.1 Å². The third-order valence-corrected chi connectivity index (χ3v) is 4.06. The Kier molecular flexibility index (Phi) is 5.52. The van der Waals surface area contributed by atoms with E-state index in [1.165, 1.54) is 19.4 Å². The largest absolute Gasteiger partial charge is 0.424 e. The fraction of sp³-hybridized carbons (Fsp3) is 0.412. The fourth-order valence-electron chi connectivity index (χ4n) is 2.50. The molecule has 2 aromatic rings. The number of hydrogen-bond donors (Lipinski definition) is 2. The number of hydrogen-bond acceptors (Lipinski definition) is 3. The number of amides is 1. The maximum absolute atomic E-state index is 13.4. The van der Waals surface area contributed by atoms with Crippen molar-refractivity contribution in [3.8, 4) is 0 Å². The molecule has 8 heteroatoms. The Bertz CT molecular complexity index is 725. The Labute approximate surface area is 143 Å². The molecule has 0 aliphatic heterocycles. The number of carbonyl (C=O) groups excluding carboxylic acids is 1. The van der Waals surface area contributed by atoms with Gasteiger partial charge in [0, 0.05) is 38.0 Å². The van der Waals surface area contributed by atoms with E-state index in [1.54, 1.807) is 24.3 Å². The average molecular weight is 355 g/mol. The minimum atomic E-state index is -4.92. The highest BCUT2D eigenvalue weighted by Gasteiger charge is 2.57. The van der Waals surface area contributed by atoms with E-state index in [0.717, 1.165) is 16.6 Å². The number of nitrogens with zero attached hydrogens (tertiary/aromatic N) is 2. The van der Waals surface area contributed by atoms with Crippen molar-refractivity contribution in [1.82, 2.24) is 14.9 Å². The molecule has 0 fully saturated rings. The zero-order valence-corrected chi connectivity index (χ0v) is 14.0. The molecule has 136 valence electrons. The number of nitrogens with one attached hydrogen (secondary N) is 1. The van der Waals surface area contributed by atoms with Gasteiger partial charge in [-0.3, -0.25) is 4.79 Å². The van der Waals surface area contributed by atoms with E-state index >= 15 is 0 Å². The van der Waals surface area contributed by atoms with Crippen molar-refractivity contribution in [2.75, 3.05) is 6.54 Å². The molecule has 0 spiro atoms. The van der Waals surface area contributed by atoms with Crippen LogP contribution in [0.1, 0.15) is 35.1 Å². The van der Waals surface area contributed by atoms with Gasteiger partial charge in [0.2, 0.25) is 5.60 Å². The highest BCUT2D eigenvalue weighted by atomic mass is 19.4. The second kappa shape index (κ2) is 7.26. The summed E-state index contributed by atoms with van der Waals surface area (Å²) >= 11 is 0. The number of halogens is 3. The van der Waals surface area contributed by atoms with Gasteiger partial charge in [0.05, 0.1) is 0 Å². The molecule has 1 aromatic heterocycles. The Hall–Kier alpha value is -2.35. The maximum Gasteiger partial charge on any atom is 0.424 e. The zero-order valence-electron chi connectivity index (χ0n) is 14.0. The molecule has 1 unspecified atom stereocenters. The Morgan fingerprint density at radius 1 is 1.28 bits per heavy atom. The van der Waals surface area contributed by atoms with Gasteiger partial charge in [-0.15, -0.1) is 0 Å². The summed E-state index contributed by atoms with van der Waals surface area (Å²) in [5.41, 5.74) is -1.73. The van der Waals surface area contributed by atoms with Crippen LogP contribution in [0.15, 0.2) is 36.7 Å². The molecule has 0 aliphatic rings. The number of imidazole rings is 1. The normalized spacial score (nSPS) is 14.2. The molecular weight excluding hydrogens is 335 g/mol. The highest BCUT2D eigenvalue weighted by molar-refractivity contribution is 5.94. The van der Waals surface area contributed by atoms with Crippen LogP contribution in [-0.4, -0.2) is 33.3 Å². The van der Waals surface area contributed by atoms with E-state index < -0.39 is 29.9 Å². The van der Waals surface area contributed by atoms with Crippen LogP contribution in [0.4, 0.5) is 13.2 Å². The first-order chi connectivity index (χ1) is 11.7. The van der Waals surface area contributed by atoms with Crippen molar-refractivity contribution < 1.29 is 23.1 Å². The van der Waals surface area contributed by atoms with E-state index in [4.69, 9.17) is 0 Å². The number of alkyl halides is 3. The van der Waals surface area contributed by atoms with Crippen LogP contribution < -0.4 is 5.32 Å². The van der Waals surface area contributed by atoms with Crippen molar-refractivity contribution in [2.45, 2.75) is 31.5 Å². The molecule has 0 saturated carbocycles. The van der Waals surface area contributed by atoms with Gasteiger partial charge in [-0.25, -0.2) is 4.98 Å². The molecule has 0 saturated heterocycles. The molecule has 0 bridgehead atoms. The standard InChI is InChI=1S/C17H20F3N3O2/c1-3-12-4-6-13(7-5-12)14(24)21-9-8-16(25,17(18,19)20)15-22-10-11-23(15)2/h4-7,10-11,25H,3,8-9H2,1-2H3,(H,21,24). The number of carbonyl (C=O) groups is 1. The van der Waals surface area contributed by atoms with Crippen LogP contribution in [0.3, 0.4) is 0 Å². The Morgan fingerprint density at radius 3 is 2.40 bits per heavy atom. The van der Waals surface area contributed by atoms with Crippen LogP contribution in [0.5, 0.6) is 0 Å². The second-order valence-corrected chi connectivity index (χ2v) is 5.78. The SMILES string of the molecule is CCc1ccc(C(=O)NCCC(O)(c2nccn2C)C(F)(F)F)cc1. The molecule has 5 nitrogen and oxygen atoms in total. The van der Waals surface area contributed by atoms with Gasteiger partial charge in [0.25, 0.3) is 5.91 Å². The summed E-state index contributed by atoms with van der Waals surface area (Å²) in [5.74, 6) is -1.01. The van der Waals surface area contributed by atoms with E-state index in [2.05, 4.69) is 10.3 Å². The number of aliphatic hydroxyl groups is 1. The second-order valence-electron chi connectivity index (χ2n) is 5.78. The fourth-order valence-corrected chi connectivity index (χ4v) is 2.50. The number of aryl methyl sites for hydroxylation is 2. The minimum absolute atomic E-state index is 0.350. The lowest BCUT2D eigenvalue weighted by Crippen LogP contribution is -2.46. The van der Waals surface area contributed by atoms with Gasteiger partial charge in [0.15, 0.2) is 0 Å². The molecule has 1 heterocycles. The molecule has 2 rings (SSSR count).